The molecule has 0 aliphatic carbocycles. The number of piperidine rings is 2. The van der Waals surface area contributed by atoms with Gasteiger partial charge in [-0.3, -0.25) is 4.79 Å². The maximum absolute atomic E-state index is 12.0. The molecule has 2 aliphatic rings. The number of carbonyl (C=O) groups excluding carboxylic acids is 1. The molecule has 0 saturated carbocycles. The van der Waals surface area contributed by atoms with Crippen LogP contribution in [-0.2, 0) is 18.4 Å². The van der Waals surface area contributed by atoms with E-state index in [1.54, 1.807) is 0 Å². The van der Waals surface area contributed by atoms with Crippen LogP contribution in [0.3, 0.4) is 0 Å². The number of carbonyl (C=O) groups is 1. The number of amides is 1. The van der Waals surface area contributed by atoms with E-state index in [0.717, 1.165) is 51.3 Å². The van der Waals surface area contributed by atoms with E-state index in [2.05, 4.69) is 28.9 Å². The van der Waals surface area contributed by atoms with E-state index in [9.17, 15) is 9.90 Å². The molecule has 0 radical (unpaired) electrons. The van der Waals surface area contributed by atoms with Crippen molar-refractivity contribution in [3.63, 3.8) is 0 Å². The molecule has 0 spiro atoms. The second-order valence-corrected chi connectivity index (χ2v) is 7.81. The van der Waals surface area contributed by atoms with Crippen LogP contribution in [0.4, 0.5) is 0 Å². The van der Waals surface area contributed by atoms with Gasteiger partial charge in [-0.1, -0.05) is 0 Å². The fraction of sp³-hybridized carbons (Fsp3) is 0.833. The van der Waals surface area contributed by atoms with Gasteiger partial charge in [0.15, 0.2) is 5.82 Å². The average Bonchev–Trinajstić information content (AvgIpc) is 2.98. The van der Waals surface area contributed by atoms with Crippen molar-refractivity contribution in [2.75, 3.05) is 26.2 Å². The summed E-state index contributed by atoms with van der Waals surface area (Å²) in [6, 6.07) is 0.303. The molecular weight excluding hydrogens is 318 g/mol. The highest BCUT2D eigenvalue weighted by Crippen LogP contribution is 2.28. The largest absolute Gasteiger partial charge is 0.388 e. The monoisotopic (exact) mass is 349 g/mol. The van der Waals surface area contributed by atoms with Crippen molar-refractivity contribution in [1.29, 1.82) is 0 Å². The molecule has 1 amide bonds. The summed E-state index contributed by atoms with van der Waals surface area (Å²) in [5.74, 6) is 2.96. The summed E-state index contributed by atoms with van der Waals surface area (Å²) in [6.07, 6.45) is 3.88. The van der Waals surface area contributed by atoms with Gasteiger partial charge in [-0.15, -0.1) is 10.2 Å². The number of hydrogen-bond donors (Lipinski definition) is 1. The van der Waals surface area contributed by atoms with Crippen molar-refractivity contribution >= 4 is 5.91 Å². The van der Waals surface area contributed by atoms with Crippen molar-refractivity contribution < 1.29 is 9.90 Å². The van der Waals surface area contributed by atoms with Gasteiger partial charge in [0.05, 0.1) is 0 Å². The van der Waals surface area contributed by atoms with Crippen LogP contribution >= 0.6 is 0 Å². The summed E-state index contributed by atoms with van der Waals surface area (Å²) in [5.41, 5.74) is 0. The number of aromatic nitrogens is 3. The maximum Gasteiger partial charge on any atom is 0.222 e. The molecule has 7 heteroatoms. The molecule has 0 bridgehead atoms. The summed E-state index contributed by atoms with van der Waals surface area (Å²) in [5, 5.41) is 17.6. The Morgan fingerprint density at radius 3 is 2.52 bits per heavy atom. The van der Waals surface area contributed by atoms with Crippen LogP contribution in [0.5, 0.6) is 0 Å². The first-order valence-corrected chi connectivity index (χ1v) is 9.50. The third-order valence-electron chi connectivity index (χ3n) is 5.77. The highest BCUT2D eigenvalue weighted by molar-refractivity contribution is 5.77. The minimum atomic E-state index is -0.0604. The lowest BCUT2D eigenvalue weighted by molar-refractivity contribution is -0.137. The Bertz CT molecular complexity index is 592. The molecule has 1 aromatic rings. The molecule has 2 aliphatic heterocycles. The van der Waals surface area contributed by atoms with E-state index >= 15 is 0 Å². The van der Waals surface area contributed by atoms with Gasteiger partial charge in [-0.05, 0) is 52.1 Å². The van der Waals surface area contributed by atoms with E-state index in [-0.39, 0.29) is 6.61 Å². The van der Waals surface area contributed by atoms with Gasteiger partial charge in [-0.25, -0.2) is 0 Å². The lowest BCUT2D eigenvalue weighted by Crippen LogP contribution is -2.47. The smallest absolute Gasteiger partial charge is 0.222 e. The number of hydrogen-bond acceptors (Lipinski definition) is 5. The molecule has 25 heavy (non-hydrogen) atoms. The van der Waals surface area contributed by atoms with Gasteiger partial charge in [-0.2, -0.15) is 0 Å². The average molecular weight is 349 g/mol. The van der Waals surface area contributed by atoms with Gasteiger partial charge in [0.25, 0.3) is 0 Å². The van der Waals surface area contributed by atoms with Crippen LogP contribution in [0.2, 0.25) is 0 Å². The Labute approximate surface area is 150 Å². The van der Waals surface area contributed by atoms with E-state index in [1.165, 1.54) is 0 Å². The molecule has 7 nitrogen and oxygen atoms in total. The maximum atomic E-state index is 12.0. The first kappa shape index (κ1) is 18.3. The number of rotatable bonds is 5. The predicted octanol–water partition coefficient (Wildman–Crippen LogP) is 1.13. The Morgan fingerprint density at radius 2 is 1.92 bits per heavy atom. The van der Waals surface area contributed by atoms with Crippen molar-refractivity contribution in [2.24, 2.45) is 13.0 Å². The summed E-state index contributed by atoms with van der Waals surface area (Å²) in [6.45, 7) is 8.27. The summed E-state index contributed by atoms with van der Waals surface area (Å²) in [7, 11) is 1.94. The van der Waals surface area contributed by atoms with Crippen molar-refractivity contribution in [2.45, 2.75) is 58.1 Å². The van der Waals surface area contributed by atoms with Crippen molar-refractivity contribution in [3.8, 4) is 0 Å². The van der Waals surface area contributed by atoms with Gasteiger partial charge in [0, 0.05) is 38.5 Å². The topological polar surface area (TPSA) is 74.5 Å². The highest BCUT2D eigenvalue weighted by atomic mass is 16.3. The van der Waals surface area contributed by atoms with Crippen LogP contribution in [0.15, 0.2) is 0 Å². The number of likely N-dealkylation sites (tertiary alicyclic amines) is 2. The number of nitrogens with zero attached hydrogens (tertiary/aromatic N) is 5. The normalized spacial score (nSPS) is 23.6. The van der Waals surface area contributed by atoms with Gasteiger partial charge in [0.1, 0.15) is 12.4 Å². The van der Waals surface area contributed by atoms with Gasteiger partial charge >= 0.3 is 0 Å². The van der Waals surface area contributed by atoms with Crippen LogP contribution in [-0.4, -0.2) is 67.8 Å². The summed E-state index contributed by atoms with van der Waals surface area (Å²) < 4.78 is 1.94. The van der Waals surface area contributed by atoms with Crippen LogP contribution < -0.4 is 0 Å². The molecular formula is C18H31N5O2. The van der Waals surface area contributed by atoms with Crippen LogP contribution in [0.25, 0.3) is 0 Å². The van der Waals surface area contributed by atoms with Gasteiger partial charge < -0.3 is 19.5 Å². The second-order valence-electron chi connectivity index (χ2n) is 7.81. The Kier molecular flexibility index (Phi) is 5.74. The minimum Gasteiger partial charge on any atom is -0.388 e. The fourth-order valence-electron chi connectivity index (χ4n) is 4.20. The van der Waals surface area contributed by atoms with E-state index in [4.69, 9.17) is 0 Å². The molecule has 2 fully saturated rings. The zero-order chi connectivity index (χ0) is 18.0. The van der Waals surface area contributed by atoms with E-state index < -0.39 is 0 Å². The molecule has 0 aromatic carbocycles. The summed E-state index contributed by atoms with van der Waals surface area (Å²) in [4.78, 5) is 16.6. The first-order valence-electron chi connectivity index (χ1n) is 9.50. The summed E-state index contributed by atoms with van der Waals surface area (Å²) >= 11 is 0. The molecule has 1 aromatic heterocycles. The third kappa shape index (κ3) is 4.03. The zero-order valence-corrected chi connectivity index (χ0v) is 15.7. The standard InChI is InChI=1S/C18H31N5O2/c1-13(2)23-11-14(4-5-17(23)25)10-22-8-6-15(7-9-22)18-20-19-16(12-24)21(18)3/h13-15,24H,4-12H2,1-3H3. The lowest BCUT2D eigenvalue weighted by atomic mass is 9.92. The van der Waals surface area contributed by atoms with Crippen molar-refractivity contribution in [1.82, 2.24) is 24.6 Å². The zero-order valence-electron chi connectivity index (χ0n) is 15.7. The SMILES string of the molecule is CC(C)N1CC(CN2CCC(c3nnc(CO)n3C)CC2)CCC1=O. The number of aliphatic hydroxyl groups excluding tert-OH is 1. The Morgan fingerprint density at radius 1 is 1.20 bits per heavy atom. The van der Waals surface area contributed by atoms with E-state index in [0.29, 0.717) is 36.0 Å². The molecule has 1 atom stereocenters. The highest BCUT2D eigenvalue weighted by Gasteiger charge is 2.30. The molecule has 2 saturated heterocycles. The predicted molar refractivity (Wildman–Crippen MR) is 94.9 cm³/mol. The minimum absolute atomic E-state index is 0.0604. The Balaban J connectivity index is 1.51. The van der Waals surface area contributed by atoms with Crippen molar-refractivity contribution in [3.05, 3.63) is 11.6 Å². The fourth-order valence-corrected chi connectivity index (χ4v) is 4.20. The number of aliphatic hydroxyl groups is 1. The molecule has 3 rings (SSSR count). The van der Waals surface area contributed by atoms with Gasteiger partial charge in [0.2, 0.25) is 5.91 Å². The van der Waals surface area contributed by atoms with Crippen LogP contribution in [0.1, 0.15) is 57.1 Å². The van der Waals surface area contributed by atoms with E-state index in [1.807, 2.05) is 16.5 Å². The molecule has 1 N–H and O–H groups in total. The lowest BCUT2D eigenvalue weighted by Gasteiger charge is -2.39. The third-order valence-corrected chi connectivity index (χ3v) is 5.77. The quantitative estimate of drug-likeness (QED) is 0.863. The molecule has 140 valence electrons. The molecule has 3 heterocycles. The Hall–Kier alpha value is -1.47. The van der Waals surface area contributed by atoms with Crippen LogP contribution in [0, 0.1) is 5.92 Å². The molecule has 1 unspecified atom stereocenters. The first-order chi connectivity index (χ1) is 12.0. The second kappa shape index (κ2) is 7.83.